The highest BCUT2D eigenvalue weighted by Crippen LogP contribution is 2.31. The maximum absolute atomic E-state index is 12.5. The Kier molecular flexibility index (Phi) is 3.46. The first kappa shape index (κ1) is 14.1. The number of rotatable bonds is 2. The number of hydrogen-bond acceptors (Lipinski definition) is 4. The molecule has 3 rings (SSSR count). The van der Waals surface area contributed by atoms with E-state index in [0.717, 1.165) is 0 Å². The second kappa shape index (κ2) is 5.16. The number of amides is 3. The molecule has 0 aromatic heterocycles. The van der Waals surface area contributed by atoms with Gasteiger partial charge in [-0.1, -0.05) is 6.07 Å². The van der Waals surface area contributed by atoms with Gasteiger partial charge in [-0.15, -0.1) is 0 Å². The van der Waals surface area contributed by atoms with Crippen molar-refractivity contribution in [3.8, 4) is 0 Å². The van der Waals surface area contributed by atoms with Gasteiger partial charge in [0.15, 0.2) is 4.90 Å². The van der Waals surface area contributed by atoms with Gasteiger partial charge in [0.1, 0.15) is 12.3 Å². The lowest BCUT2D eigenvalue weighted by Crippen LogP contribution is -2.52. The molecule has 0 radical (unpaired) electrons. The summed E-state index contributed by atoms with van der Waals surface area (Å²) in [5.41, 5.74) is 1.21. The summed E-state index contributed by atoms with van der Waals surface area (Å²) in [4.78, 5) is 37.7. The van der Waals surface area contributed by atoms with Crippen LogP contribution in [0.25, 0.3) is 0 Å². The summed E-state index contributed by atoms with van der Waals surface area (Å²) in [6.07, 6.45) is 2.12. The van der Waals surface area contributed by atoms with Crippen molar-refractivity contribution in [1.29, 1.82) is 0 Å². The first-order chi connectivity index (χ1) is 9.99. The van der Waals surface area contributed by atoms with Crippen molar-refractivity contribution in [2.45, 2.75) is 30.3 Å². The second-order valence-corrected chi connectivity index (χ2v) is 6.48. The van der Waals surface area contributed by atoms with Crippen LogP contribution in [0.4, 0.5) is 0 Å². The second-order valence-electron chi connectivity index (χ2n) is 5.14. The summed E-state index contributed by atoms with van der Waals surface area (Å²) in [6, 6.07) is 4.47. The summed E-state index contributed by atoms with van der Waals surface area (Å²) in [6.45, 7) is 0.260. The molecule has 0 saturated carbocycles. The van der Waals surface area contributed by atoms with E-state index < -0.39 is 23.1 Å². The van der Waals surface area contributed by atoms with Gasteiger partial charge < -0.3 is 9.45 Å². The van der Waals surface area contributed by atoms with Crippen LogP contribution in [0.2, 0.25) is 0 Å². The Hall–Kier alpha value is -1.86. The van der Waals surface area contributed by atoms with E-state index in [-0.39, 0.29) is 24.8 Å². The molecular weight excluding hydrogens is 292 g/mol. The highest BCUT2D eigenvalue weighted by atomic mass is 32.2. The van der Waals surface area contributed by atoms with Gasteiger partial charge in [0, 0.05) is 17.5 Å². The molecule has 2 heterocycles. The minimum atomic E-state index is -1.19. The average Bonchev–Trinajstić information content (AvgIpc) is 2.76. The van der Waals surface area contributed by atoms with Gasteiger partial charge in [0.25, 0.3) is 5.91 Å². The third kappa shape index (κ3) is 2.32. The average molecular weight is 306 g/mol. The Labute approximate surface area is 124 Å². The summed E-state index contributed by atoms with van der Waals surface area (Å²) < 4.78 is 11.8. The predicted octanol–water partition coefficient (Wildman–Crippen LogP) is 0.185. The molecule has 2 aliphatic rings. The van der Waals surface area contributed by atoms with Crippen LogP contribution in [-0.2, 0) is 27.3 Å². The van der Waals surface area contributed by atoms with E-state index in [2.05, 4.69) is 5.32 Å². The molecule has 2 aliphatic heterocycles. The van der Waals surface area contributed by atoms with Crippen LogP contribution in [0, 0.1) is 0 Å². The summed E-state index contributed by atoms with van der Waals surface area (Å²) in [5, 5.41) is 2.26. The lowest BCUT2D eigenvalue weighted by molar-refractivity contribution is -0.136. The van der Waals surface area contributed by atoms with Gasteiger partial charge >= 0.3 is 0 Å². The summed E-state index contributed by atoms with van der Waals surface area (Å²) in [5.74, 6) is -0.992. The first-order valence-electron chi connectivity index (χ1n) is 6.59. The molecular formula is C14H14N2O4S. The van der Waals surface area contributed by atoms with Gasteiger partial charge in [-0.3, -0.25) is 19.7 Å². The van der Waals surface area contributed by atoms with Crippen LogP contribution in [0.3, 0.4) is 0 Å². The Morgan fingerprint density at radius 2 is 2.10 bits per heavy atom. The van der Waals surface area contributed by atoms with Crippen molar-refractivity contribution < 1.29 is 18.9 Å². The van der Waals surface area contributed by atoms with E-state index >= 15 is 0 Å². The van der Waals surface area contributed by atoms with E-state index in [0.29, 0.717) is 22.4 Å². The van der Waals surface area contributed by atoms with Crippen molar-refractivity contribution in [2.24, 2.45) is 0 Å². The quantitative estimate of drug-likeness (QED) is 0.624. The van der Waals surface area contributed by atoms with Crippen molar-refractivity contribution in [1.82, 2.24) is 10.2 Å². The number of nitrogens with zero attached hydrogens (tertiary/aromatic N) is 1. The number of carbonyl (C=O) groups is 3. The van der Waals surface area contributed by atoms with E-state index in [9.17, 15) is 18.9 Å². The standard InChI is InChI=1S/C14H14N2O4S/c1-21(20)11-4-2-3-8-9(11)7-16(14(8)19)10-5-6-12(17)15-13(10)18/h2-4,10H,5-7H2,1H3,(H,15,17,18). The molecule has 1 saturated heterocycles. The molecule has 110 valence electrons. The third-order valence-corrected chi connectivity index (χ3v) is 4.85. The largest absolute Gasteiger partial charge is 0.612 e. The first-order valence-corrected chi connectivity index (χ1v) is 8.15. The van der Waals surface area contributed by atoms with Crippen LogP contribution in [0.15, 0.2) is 23.1 Å². The molecule has 21 heavy (non-hydrogen) atoms. The van der Waals surface area contributed by atoms with Crippen molar-refractivity contribution in [2.75, 3.05) is 6.26 Å². The Morgan fingerprint density at radius 3 is 2.76 bits per heavy atom. The Morgan fingerprint density at radius 1 is 1.33 bits per heavy atom. The molecule has 3 amide bonds. The smallest absolute Gasteiger partial charge is 0.255 e. The van der Waals surface area contributed by atoms with Crippen LogP contribution < -0.4 is 5.32 Å². The van der Waals surface area contributed by atoms with Gasteiger partial charge in [0.05, 0.1) is 6.54 Å². The van der Waals surface area contributed by atoms with Crippen LogP contribution in [0.5, 0.6) is 0 Å². The van der Waals surface area contributed by atoms with Crippen molar-refractivity contribution in [3.05, 3.63) is 29.3 Å². The number of hydrogen-bond donors (Lipinski definition) is 1. The highest BCUT2D eigenvalue weighted by molar-refractivity contribution is 7.90. The minimum Gasteiger partial charge on any atom is -0.612 e. The van der Waals surface area contributed by atoms with E-state index in [4.69, 9.17) is 0 Å². The number of imide groups is 1. The molecule has 2 atom stereocenters. The minimum absolute atomic E-state index is 0.225. The topological polar surface area (TPSA) is 89.5 Å². The van der Waals surface area contributed by atoms with E-state index in [1.807, 2.05) is 0 Å². The fourth-order valence-corrected chi connectivity index (χ4v) is 3.62. The zero-order valence-corrected chi connectivity index (χ0v) is 12.2. The maximum atomic E-state index is 12.5. The molecule has 7 heteroatoms. The normalized spacial score (nSPS) is 23.0. The van der Waals surface area contributed by atoms with Crippen LogP contribution in [0.1, 0.15) is 28.8 Å². The van der Waals surface area contributed by atoms with Crippen molar-refractivity contribution in [3.63, 3.8) is 0 Å². The van der Waals surface area contributed by atoms with E-state index in [1.54, 1.807) is 24.5 Å². The Bertz CT molecular complexity index is 644. The molecule has 0 spiro atoms. The number of carbonyl (C=O) groups excluding carboxylic acids is 3. The van der Waals surface area contributed by atoms with Gasteiger partial charge in [-0.25, -0.2) is 0 Å². The van der Waals surface area contributed by atoms with Gasteiger partial charge in [-0.2, -0.15) is 0 Å². The van der Waals surface area contributed by atoms with E-state index in [1.165, 1.54) is 4.90 Å². The lowest BCUT2D eigenvalue weighted by Gasteiger charge is -2.29. The number of benzene rings is 1. The Balaban J connectivity index is 1.92. The predicted molar refractivity (Wildman–Crippen MR) is 74.8 cm³/mol. The monoisotopic (exact) mass is 306 g/mol. The van der Waals surface area contributed by atoms with Crippen LogP contribution >= 0.6 is 0 Å². The van der Waals surface area contributed by atoms with Gasteiger partial charge in [0.2, 0.25) is 11.8 Å². The molecule has 1 aromatic carbocycles. The number of nitrogens with one attached hydrogen (secondary N) is 1. The summed E-state index contributed by atoms with van der Waals surface area (Å²) >= 11 is -1.19. The fourth-order valence-electron chi connectivity index (χ4n) is 2.83. The molecule has 1 aromatic rings. The molecule has 0 aliphatic carbocycles. The number of piperidine rings is 1. The SMILES string of the molecule is C[S+]([O-])c1cccc2c1CN(C1CCC(=O)NC1=O)C2=O. The number of fused-ring (bicyclic) bond motifs is 1. The van der Waals surface area contributed by atoms with Gasteiger partial charge in [-0.05, 0) is 29.7 Å². The highest BCUT2D eigenvalue weighted by Gasteiger charge is 2.40. The zero-order valence-electron chi connectivity index (χ0n) is 11.4. The molecule has 1 fully saturated rings. The third-order valence-electron chi connectivity index (χ3n) is 3.85. The zero-order chi connectivity index (χ0) is 15.1. The fraction of sp³-hybridized carbons (Fsp3) is 0.357. The summed E-state index contributed by atoms with van der Waals surface area (Å²) in [7, 11) is 0. The molecule has 1 N–H and O–H groups in total. The van der Waals surface area contributed by atoms with Crippen LogP contribution in [-0.4, -0.2) is 39.5 Å². The van der Waals surface area contributed by atoms with Crippen molar-refractivity contribution >= 4 is 28.9 Å². The maximum Gasteiger partial charge on any atom is 0.255 e. The lowest BCUT2D eigenvalue weighted by atomic mass is 10.0. The molecule has 6 nitrogen and oxygen atoms in total. The molecule has 0 bridgehead atoms. The molecule has 2 unspecified atom stereocenters.